The third kappa shape index (κ3) is 3.94. The quantitative estimate of drug-likeness (QED) is 0.903. The molecular weight excluding hydrogens is 338 g/mol. The van der Waals surface area contributed by atoms with Crippen molar-refractivity contribution in [3.8, 4) is 5.75 Å². The molecule has 0 radical (unpaired) electrons. The number of hydrogen-bond acceptors (Lipinski definition) is 4. The fourth-order valence-corrected chi connectivity index (χ4v) is 4.37. The lowest BCUT2D eigenvalue weighted by molar-refractivity contribution is 0.210. The normalized spacial score (nSPS) is 18.4. The highest BCUT2D eigenvalue weighted by Crippen LogP contribution is 2.22. The van der Waals surface area contributed by atoms with Crippen LogP contribution in [0.4, 0.5) is 0 Å². The van der Waals surface area contributed by atoms with Crippen molar-refractivity contribution in [2.45, 2.75) is 45.3 Å². The summed E-state index contributed by atoms with van der Waals surface area (Å²) in [5.41, 5.74) is 4.27. The minimum Gasteiger partial charge on any atom is -0.503 e. The summed E-state index contributed by atoms with van der Waals surface area (Å²) in [6.07, 6.45) is 4.71. The topological polar surface area (TPSA) is 48.7 Å². The summed E-state index contributed by atoms with van der Waals surface area (Å²) < 4.78 is 2.03. The lowest BCUT2D eigenvalue weighted by Crippen LogP contribution is -2.33. The fourth-order valence-electron chi connectivity index (χ4n) is 4.37. The first kappa shape index (κ1) is 18.3. The summed E-state index contributed by atoms with van der Waals surface area (Å²) in [6, 6.07) is 10.2. The van der Waals surface area contributed by atoms with Crippen molar-refractivity contribution < 1.29 is 5.11 Å². The molecule has 2 aliphatic rings. The van der Waals surface area contributed by atoms with Crippen molar-refractivity contribution >= 4 is 0 Å². The van der Waals surface area contributed by atoms with Crippen LogP contribution in [-0.2, 0) is 33.1 Å². The third-order valence-corrected chi connectivity index (χ3v) is 6.06. The van der Waals surface area contributed by atoms with E-state index < -0.39 is 0 Å². The van der Waals surface area contributed by atoms with E-state index in [0.29, 0.717) is 6.54 Å². The van der Waals surface area contributed by atoms with Crippen molar-refractivity contribution in [1.82, 2.24) is 14.4 Å². The van der Waals surface area contributed by atoms with Gasteiger partial charge in [-0.1, -0.05) is 30.7 Å². The van der Waals surface area contributed by atoms with Crippen LogP contribution in [-0.4, -0.2) is 39.1 Å². The fraction of sp³-hybridized carbons (Fsp3) is 0.500. The van der Waals surface area contributed by atoms with E-state index in [1.54, 1.807) is 6.07 Å². The second kappa shape index (κ2) is 7.87. The first-order valence-electron chi connectivity index (χ1n) is 10.0. The van der Waals surface area contributed by atoms with E-state index in [1.165, 1.54) is 30.4 Å². The molecular formula is C22H29N3O2. The van der Waals surface area contributed by atoms with Crippen LogP contribution in [0.3, 0.4) is 0 Å². The first-order valence-corrected chi connectivity index (χ1v) is 10.0. The molecule has 0 amide bonds. The highest BCUT2D eigenvalue weighted by molar-refractivity contribution is 5.31. The molecule has 0 atom stereocenters. The van der Waals surface area contributed by atoms with Crippen molar-refractivity contribution in [1.29, 1.82) is 0 Å². The SMILES string of the molecule is Cn1c(CN2CCc3ccccc3C2)cc(=O)c(O)c1CN1CCCCC1. The molecule has 1 aromatic heterocycles. The largest absolute Gasteiger partial charge is 0.503 e. The van der Waals surface area contributed by atoms with Gasteiger partial charge in [-0.05, 0) is 43.5 Å². The van der Waals surface area contributed by atoms with Crippen LogP contribution in [0.25, 0.3) is 0 Å². The maximum absolute atomic E-state index is 12.4. The molecule has 5 heteroatoms. The molecule has 4 rings (SSSR count). The van der Waals surface area contributed by atoms with E-state index in [0.717, 1.165) is 50.5 Å². The van der Waals surface area contributed by atoms with Gasteiger partial charge in [0.25, 0.3) is 0 Å². The van der Waals surface area contributed by atoms with Crippen molar-refractivity contribution in [3.63, 3.8) is 0 Å². The lowest BCUT2D eigenvalue weighted by atomic mass is 10.00. The second-order valence-corrected chi connectivity index (χ2v) is 7.92. The van der Waals surface area contributed by atoms with E-state index in [2.05, 4.69) is 34.1 Å². The van der Waals surface area contributed by atoms with Gasteiger partial charge in [0.05, 0.1) is 5.69 Å². The van der Waals surface area contributed by atoms with Crippen LogP contribution in [0, 0.1) is 0 Å². The summed E-state index contributed by atoms with van der Waals surface area (Å²) in [6.45, 7) is 5.36. The highest BCUT2D eigenvalue weighted by atomic mass is 16.3. The van der Waals surface area contributed by atoms with Gasteiger partial charge >= 0.3 is 0 Å². The van der Waals surface area contributed by atoms with Gasteiger partial charge in [0.1, 0.15) is 0 Å². The number of hydrogen-bond donors (Lipinski definition) is 1. The second-order valence-electron chi connectivity index (χ2n) is 7.92. The Kier molecular flexibility index (Phi) is 5.32. The minimum atomic E-state index is -0.257. The Morgan fingerprint density at radius 1 is 0.963 bits per heavy atom. The summed E-state index contributed by atoms with van der Waals surface area (Å²) >= 11 is 0. The Hall–Kier alpha value is -2.11. The van der Waals surface area contributed by atoms with Crippen molar-refractivity contribution in [2.24, 2.45) is 7.05 Å². The molecule has 27 heavy (non-hydrogen) atoms. The smallest absolute Gasteiger partial charge is 0.223 e. The summed E-state index contributed by atoms with van der Waals surface area (Å²) in [5, 5.41) is 10.4. The molecule has 144 valence electrons. The Balaban J connectivity index is 1.55. The molecule has 0 aliphatic carbocycles. The molecule has 0 bridgehead atoms. The molecule has 5 nitrogen and oxygen atoms in total. The molecule has 0 spiro atoms. The van der Waals surface area contributed by atoms with E-state index >= 15 is 0 Å². The molecule has 2 aromatic rings. The molecule has 0 unspecified atom stereocenters. The zero-order valence-corrected chi connectivity index (χ0v) is 16.2. The monoisotopic (exact) mass is 367 g/mol. The van der Waals surface area contributed by atoms with E-state index in [9.17, 15) is 9.90 Å². The molecule has 1 fully saturated rings. The number of aromatic hydroxyl groups is 1. The Labute approximate surface area is 160 Å². The predicted octanol–water partition coefficient (Wildman–Crippen LogP) is 2.64. The zero-order valence-electron chi connectivity index (χ0n) is 16.2. The minimum absolute atomic E-state index is 0.0872. The number of benzene rings is 1. The highest BCUT2D eigenvalue weighted by Gasteiger charge is 2.21. The standard InChI is InChI=1S/C22H29N3O2/c1-23-19(15-25-12-9-17-7-3-4-8-18(17)14-25)13-21(26)22(27)20(23)16-24-10-5-2-6-11-24/h3-4,7-8,13,27H,2,5-6,9-12,14-16H2,1H3. The molecule has 2 aliphatic heterocycles. The number of fused-ring (bicyclic) bond motifs is 1. The van der Waals surface area contributed by atoms with Crippen LogP contribution < -0.4 is 5.43 Å². The average molecular weight is 367 g/mol. The summed E-state index contributed by atoms with van der Waals surface area (Å²) in [5.74, 6) is -0.0872. The number of nitrogens with zero attached hydrogens (tertiary/aromatic N) is 3. The number of pyridine rings is 1. The maximum atomic E-state index is 12.4. The molecule has 1 N–H and O–H groups in total. The Morgan fingerprint density at radius 2 is 1.70 bits per heavy atom. The van der Waals surface area contributed by atoms with Crippen molar-refractivity contribution in [3.05, 3.63) is 63.1 Å². The van der Waals surface area contributed by atoms with Gasteiger partial charge in [0, 0.05) is 45.0 Å². The van der Waals surface area contributed by atoms with Gasteiger partial charge in [-0.3, -0.25) is 14.6 Å². The molecule has 1 saturated heterocycles. The molecule has 0 saturated carbocycles. The summed E-state index contributed by atoms with van der Waals surface area (Å²) in [7, 11) is 1.98. The van der Waals surface area contributed by atoms with Gasteiger partial charge in [-0.25, -0.2) is 0 Å². The van der Waals surface area contributed by atoms with Gasteiger partial charge in [-0.2, -0.15) is 0 Å². The van der Waals surface area contributed by atoms with Crippen molar-refractivity contribution in [2.75, 3.05) is 19.6 Å². The first-order chi connectivity index (χ1) is 13.1. The van der Waals surface area contributed by atoms with Gasteiger partial charge in [0.15, 0.2) is 5.75 Å². The predicted molar refractivity (Wildman–Crippen MR) is 107 cm³/mol. The average Bonchev–Trinajstić information content (AvgIpc) is 2.70. The van der Waals surface area contributed by atoms with Gasteiger partial charge in [0.2, 0.25) is 5.43 Å². The van der Waals surface area contributed by atoms with E-state index in [4.69, 9.17) is 0 Å². The molecule has 3 heterocycles. The third-order valence-electron chi connectivity index (χ3n) is 6.06. The van der Waals surface area contributed by atoms with Gasteiger partial charge in [-0.15, -0.1) is 0 Å². The van der Waals surface area contributed by atoms with E-state index in [-0.39, 0.29) is 11.2 Å². The van der Waals surface area contributed by atoms with Crippen LogP contribution in [0.5, 0.6) is 5.75 Å². The lowest BCUT2D eigenvalue weighted by Gasteiger charge is -2.31. The van der Waals surface area contributed by atoms with Crippen LogP contribution >= 0.6 is 0 Å². The number of rotatable bonds is 4. The van der Waals surface area contributed by atoms with E-state index in [1.807, 2.05) is 11.6 Å². The number of piperidine rings is 1. The van der Waals surface area contributed by atoms with Gasteiger partial charge < -0.3 is 9.67 Å². The maximum Gasteiger partial charge on any atom is 0.223 e. The number of likely N-dealkylation sites (tertiary alicyclic amines) is 1. The molecule has 1 aromatic carbocycles. The van der Waals surface area contributed by atoms with Crippen LogP contribution in [0.2, 0.25) is 0 Å². The van der Waals surface area contributed by atoms with Crippen LogP contribution in [0.1, 0.15) is 41.8 Å². The Bertz CT molecular complexity index is 868. The number of aromatic nitrogens is 1. The zero-order chi connectivity index (χ0) is 18.8. The van der Waals surface area contributed by atoms with Crippen LogP contribution in [0.15, 0.2) is 35.1 Å². The summed E-state index contributed by atoms with van der Waals surface area (Å²) in [4.78, 5) is 17.1. The Morgan fingerprint density at radius 3 is 2.48 bits per heavy atom.